The molecule has 1 aliphatic rings. The van der Waals surface area contributed by atoms with Crippen LogP contribution >= 0.6 is 0 Å². The largest absolute Gasteiger partial charge is 0.476 e. The summed E-state index contributed by atoms with van der Waals surface area (Å²) in [6.45, 7) is 0.224. The minimum absolute atomic E-state index is 0.0600. The number of aliphatic hydroxyl groups is 1. The monoisotopic (exact) mass is 237 g/mol. The third kappa shape index (κ3) is 2.91. The van der Waals surface area contributed by atoms with Crippen molar-refractivity contribution in [3.63, 3.8) is 0 Å². The molecule has 1 fully saturated rings. The lowest BCUT2D eigenvalue weighted by atomic mass is 10.1. The van der Waals surface area contributed by atoms with Gasteiger partial charge in [0, 0.05) is 12.6 Å². The number of nitrogens with zero attached hydrogens (tertiary/aromatic N) is 2. The van der Waals surface area contributed by atoms with Gasteiger partial charge >= 0.3 is 5.97 Å². The second-order valence-electron chi connectivity index (χ2n) is 4.29. The van der Waals surface area contributed by atoms with E-state index < -0.39 is 5.97 Å². The molecule has 0 amide bonds. The van der Waals surface area contributed by atoms with E-state index in [2.05, 4.69) is 15.3 Å². The number of carbonyl (C=O) groups is 1. The molecule has 1 aromatic heterocycles. The number of aromatic carboxylic acids is 1. The molecule has 92 valence electrons. The van der Waals surface area contributed by atoms with Gasteiger partial charge in [-0.15, -0.1) is 0 Å². The molecule has 6 nitrogen and oxygen atoms in total. The number of nitrogens with one attached hydrogen (secondary N) is 1. The summed E-state index contributed by atoms with van der Waals surface area (Å²) in [5, 5.41) is 20.9. The normalized spacial score (nSPS) is 23.6. The number of anilines is 1. The van der Waals surface area contributed by atoms with Gasteiger partial charge in [-0.2, -0.15) is 0 Å². The summed E-state index contributed by atoms with van der Waals surface area (Å²) in [7, 11) is 0. The van der Waals surface area contributed by atoms with Gasteiger partial charge in [0.2, 0.25) is 0 Å². The first-order valence-corrected chi connectivity index (χ1v) is 5.61. The van der Waals surface area contributed by atoms with Gasteiger partial charge in [0.15, 0.2) is 5.69 Å². The third-order valence-electron chi connectivity index (χ3n) is 3.02. The average molecular weight is 237 g/mol. The molecule has 3 N–H and O–H groups in total. The highest BCUT2D eigenvalue weighted by molar-refractivity contribution is 5.84. The highest BCUT2D eigenvalue weighted by Gasteiger charge is 2.24. The molecule has 1 saturated carbocycles. The maximum absolute atomic E-state index is 10.6. The first-order chi connectivity index (χ1) is 8.19. The van der Waals surface area contributed by atoms with E-state index in [-0.39, 0.29) is 18.3 Å². The predicted molar refractivity (Wildman–Crippen MR) is 60.8 cm³/mol. The Morgan fingerprint density at radius 2 is 2.24 bits per heavy atom. The van der Waals surface area contributed by atoms with E-state index in [1.54, 1.807) is 0 Å². The summed E-state index contributed by atoms with van der Waals surface area (Å²) in [4.78, 5) is 18.4. The van der Waals surface area contributed by atoms with Crippen molar-refractivity contribution in [1.29, 1.82) is 0 Å². The van der Waals surface area contributed by atoms with Gasteiger partial charge in [-0.3, -0.25) is 0 Å². The Kier molecular flexibility index (Phi) is 3.53. The molecule has 1 heterocycles. The minimum Gasteiger partial charge on any atom is -0.476 e. The molecule has 0 bridgehead atoms. The van der Waals surface area contributed by atoms with Gasteiger partial charge in [-0.25, -0.2) is 14.8 Å². The van der Waals surface area contributed by atoms with Crippen molar-refractivity contribution in [2.75, 3.05) is 11.9 Å². The van der Waals surface area contributed by atoms with Crippen molar-refractivity contribution in [3.8, 4) is 0 Å². The van der Waals surface area contributed by atoms with Gasteiger partial charge in [0.05, 0.1) is 12.4 Å². The molecule has 0 aromatic carbocycles. The van der Waals surface area contributed by atoms with Crippen molar-refractivity contribution in [3.05, 3.63) is 18.1 Å². The van der Waals surface area contributed by atoms with E-state index in [1.807, 2.05) is 0 Å². The summed E-state index contributed by atoms with van der Waals surface area (Å²) in [5.74, 6) is -0.136. The molecule has 1 aromatic rings. The number of carboxylic acid groups (broad SMARTS) is 1. The van der Waals surface area contributed by atoms with Crippen LogP contribution in [0.5, 0.6) is 0 Å². The van der Waals surface area contributed by atoms with Gasteiger partial charge in [-0.05, 0) is 25.2 Å². The number of hydrogen-bond donors (Lipinski definition) is 3. The van der Waals surface area contributed by atoms with Gasteiger partial charge < -0.3 is 15.5 Å². The SMILES string of the molecule is O=C(O)c1cnc(N[C@H]2CC[C@@H](CO)C2)cn1. The van der Waals surface area contributed by atoms with E-state index in [0.717, 1.165) is 19.3 Å². The Morgan fingerprint density at radius 3 is 2.76 bits per heavy atom. The van der Waals surface area contributed by atoms with Crippen LogP contribution < -0.4 is 5.32 Å². The summed E-state index contributed by atoms with van der Waals surface area (Å²) >= 11 is 0. The Hall–Kier alpha value is -1.69. The molecule has 6 heteroatoms. The maximum atomic E-state index is 10.6. The topological polar surface area (TPSA) is 95.3 Å². The number of aromatic nitrogens is 2. The highest BCUT2D eigenvalue weighted by atomic mass is 16.4. The number of aliphatic hydroxyl groups excluding tert-OH is 1. The molecule has 2 atom stereocenters. The fourth-order valence-corrected chi connectivity index (χ4v) is 2.09. The molecule has 2 rings (SSSR count). The van der Waals surface area contributed by atoms with Crippen LogP contribution in [0, 0.1) is 5.92 Å². The highest BCUT2D eigenvalue weighted by Crippen LogP contribution is 2.26. The van der Waals surface area contributed by atoms with Crippen LogP contribution in [0.3, 0.4) is 0 Å². The lowest BCUT2D eigenvalue weighted by Gasteiger charge is -2.12. The summed E-state index contributed by atoms with van der Waals surface area (Å²) in [6.07, 6.45) is 5.58. The maximum Gasteiger partial charge on any atom is 0.356 e. The van der Waals surface area contributed by atoms with Crippen LogP contribution in [-0.4, -0.2) is 38.8 Å². The molecule has 17 heavy (non-hydrogen) atoms. The summed E-state index contributed by atoms with van der Waals surface area (Å²) in [5.41, 5.74) is -0.0600. The zero-order valence-electron chi connectivity index (χ0n) is 9.33. The van der Waals surface area contributed by atoms with Crippen LogP contribution in [0.4, 0.5) is 5.82 Å². The van der Waals surface area contributed by atoms with Crippen LogP contribution in [0.2, 0.25) is 0 Å². The zero-order chi connectivity index (χ0) is 12.3. The Labute approximate surface area is 98.7 Å². The van der Waals surface area contributed by atoms with Crippen LogP contribution in [0.1, 0.15) is 29.8 Å². The van der Waals surface area contributed by atoms with Crippen LogP contribution in [-0.2, 0) is 0 Å². The molecule has 0 aliphatic heterocycles. The molecule has 0 unspecified atom stereocenters. The van der Waals surface area contributed by atoms with Gasteiger partial charge in [0.1, 0.15) is 5.82 Å². The predicted octanol–water partition coefficient (Wildman–Crippen LogP) is 0.748. The van der Waals surface area contributed by atoms with Crippen molar-refractivity contribution in [1.82, 2.24) is 9.97 Å². The van der Waals surface area contributed by atoms with E-state index in [1.165, 1.54) is 12.4 Å². The Morgan fingerprint density at radius 1 is 1.41 bits per heavy atom. The van der Waals surface area contributed by atoms with Gasteiger partial charge in [-0.1, -0.05) is 0 Å². The van der Waals surface area contributed by atoms with E-state index >= 15 is 0 Å². The van der Waals surface area contributed by atoms with E-state index in [4.69, 9.17) is 10.2 Å². The first kappa shape index (κ1) is 11.8. The minimum atomic E-state index is -1.08. The lowest BCUT2D eigenvalue weighted by molar-refractivity contribution is 0.0690. The van der Waals surface area contributed by atoms with Crippen molar-refractivity contribution >= 4 is 11.8 Å². The molecule has 0 radical (unpaired) electrons. The molecule has 0 saturated heterocycles. The average Bonchev–Trinajstić information content (AvgIpc) is 2.77. The van der Waals surface area contributed by atoms with Crippen LogP contribution in [0.15, 0.2) is 12.4 Å². The van der Waals surface area contributed by atoms with E-state index in [0.29, 0.717) is 11.7 Å². The second kappa shape index (κ2) is 5.09. The third-order valence-corrected chi connectivity index (χ3v) is 3.02. The number of rotatable bonds is 4. The first-order valence-electron chi connectivity index (χ1n) is 5.61. The molecular formula is C11H15N3O3. The summed E-state index contributed by atoms with van der Waals surface area (Å²) < 4.78 is 0. The second-order valence-corrected chi connectivity index (χ2v) is 4.29. The lowest BCUT2D eigenvalue weighted by Crippen LogP contribution is -2.17. The fourth-order valence-electron chi connectivity index (χ4n) is 2.09. The molecule has 1 aliphatic carbocycles. The van der Waals surface area contributed by atoms with Crippen molar-refractivity contribution < 1.29 is 15.0 Å². The van der Waals surface area contributed by atoms with E-state index in [9.17, 15) is 4.79 Å². The van der Waals surface area contributed by atoms with Gasteiger partial charge in [0.25, 0.3) is 0 Å². The number of carboxylic acids is 1. The summed E-state index contributed by atoms with van der Waals surface area (Å²) in [6, 6.07) is 0.289. The van der Waals surface area contributed by atoms with Crippen molar-refractivity contribution in [2.24, 2.45) is 5.92 Å². The number of hydrogen-bond acceptors (Lipinski definition) is 5. The zero-order valence-corrected chi connectivity index (χ0v) is 9.33. The Balaban J connectivity index is 1.93. The fraction of sp³-hybridized carbons (Fsp3) is 0.545. The molecule has 0 spiro atoms. The van der Waals surface area contributed by atoms with Crippen LogP contribution in [0.25, 0.3) is 0 Å². The Bertz CT molecular complexity index is 393. The quantitative estimate of drug-likeness (QED) is 0.715. The van der Waals surface area contributed by atoms with Crippen molar-refractivity contribution in [2.45, 2.75) is 25.3 Å². The molecular weight excluding hydrogens is 222 g/mol. The standard InChI is InChI=1S/C11H15N3O3/c15-6-7-1-2-8(3-7)14-10-5-12-9(4-13-10)11(16)17/h4-5,7-8,15H,1-3,6H2,(H,13,14)(H,16,17)/t7-,8+/m1/s1. The smallest absolute Gasteiger partial charge is 0.356 e.